The summed E-state index contributed by atoms with van der Waals surface area (Å²) in [4.78, 5) is 0. The molecule has 0 unspecified atom stereocenters. The van der Waals surface area contributed by atoms with Gasteiger partial charge in [0.1, 0.15) is 0 Å². The van der Waals surface area contributed by atoms with Crippen LogP contribution in [0.3, 0.4) is 0 Å². The second kappa shape index (κ2) is 8.87. The first-order valence-electron chi connectivity index (χ1n) is 3.63. The molecule has 0 spiro atoms. The standard InChI is InChI=1S/C8H15NS/c1-3-5-6-9-7-8-10-4-2/h1,9H,4-8H2,2H3. The molecule has 1 nitrogen and oxygen atoms in total. The van der Waals surface area contributed by atoms with Crippen LogP contribution in [-0.2, 0) is 0 Å². The lowest BCUT2D eigenvalue weighted by molar-refractivity contribution is 0.738. The van der Waals surface area contributed by atoms with Crippen LogP contribution in [0, 0.1) is 12.3 Å². The van der Waals surface area contributed by atoms with Gasteiger partial charge in [0, 0.05) is 25.3 Å². The van der Waals surface area contributed by atoms with Gasteiger partial charge in [-0.05, 0) is 5.75 Å². The highest BCUT2D eigenvalue weighted by Crippen LogP contribution is 1.94. The van der Waals surface area contributed by atoms with Gasteiger partial charge in [-0.15, -0.1) is 12.3 Å². The highest BCUT2D eigenvalue weighted by molar-refractivity contribution is 7.99. The molecule has 0 fully saturated rings. The Balaban J connectivity index is 2.72. The third-order valence-electron chi connectivity index (χ3n) is 1.07. The number of terminal acetylenes is 1. The Bertz CT molecular complexity index is 95.9. The van der Waals surface area contributed by atoms with E-state index in [2.05, 4.69) is 18.2 Å². The van der Waals surface area contributed by atoms with Crippen molar-refractivity contribution in [3.05, 3.63) is 0 Å². The van der Waals surface area contributed by atoms with Crippen molar-refractivity contribution in [1.82, 2.24) is 5.32 Å². The molecule has 10 heavy (non-hydrogen) atoms. The number of nitrogens with one attached hydrogen (secondary N) is 1. The second-order valence-corrected chi connectivity index (χ2v) is 3.29. The van der Waals surface area contributed by atoms with Gasteiger partial charge < -0.3 is 5.32 Å². The summed E-state index contributed by atoms with van der Waals surface area (Å²) in [6.45, 7) is 4.22. The molecule has 0 bridgehead atoms. The van der Waals surface area contributed by atoms with E-state index in [1.165, 1.54) is 11.5 Å². The van der Waals surface area contributed by atoms with Crippen LogP contribution in [0.25, 0.3) is 0 Å². The highest BCUT2D eigenvalue weighted by atomic mass is 32.2. The molecule has 0 saturated heterocycles. The number of thioether (sulfide) groups is 1. The number of hydrogen-bond donors (Lipinski definition) is 1. The molecule has 0 saturated carbocycles. The van der Waals surface area contributed by atoms with Crippen LogP contribution < -0.4 is 5.32 Å². The van der Waals surface area contributed by atoms with Crippen LogP contribution >= 0.6 is 11.8 Å². The van der Waals surface area contributed by atoms with Gasteiger partial charge in [-0.3, -0.25) is 0 Å². The third kappa shape index (κ3) is 7.87. The van der Waals surface area contributed by atoms with Crippen LogP contribution in [0.4, 0.5) is 0 Å². The summed E-state index contributed by atoms with van der Waals surface area (Å²) in [7, 11) is 0. The fraction of sp³-hybridized carbons (Fsp3) is 0.750. The predicted molar refractivity (Wildman–Crippen MR) is 49.3 cm³/mol. The van der Waals surface area contributed by atoms with E-state index in [1.54, 1.807) is 0 Å². The van der Waals surface area contributed by atoms with E-state index in [0.717, 1.165) is 19.5 Å². The molecule has 0 aromatic rings. The zero-order valence-corrected chi connectivity index (χ0v) is 7.34. The fourth-order valence-corrected chi connectivity index (χ4v) is 1.15. The molecule has 0 aliphatic heterocycles. The maximum Gasteiger partial charge on any atom is 0.0211 e. The first kappa shape index (κ1) is 9.87. The Morgan fingerprint density at radius 3 is 2.90 bits per heavy atom. The fourth-order valence-electron chi connectivity index (χ4n) is 0.574. The first-order valence-corrected chi connectivity index (χ1v) is 4.79. The molecule has 1 N–H and O–H groups in total. The van der Waals surface area contributed by atoms with Gasteiger partial charge in [-0.2, -0.15) is 11.8 Å². The van der Waals surface area contributed by atoms with Gasteiger partial charge in [0.2, 0.25) is 0 Å². The summed E-state index contributed by atoms with van der Waals surface area (Å²) in [5.74, 6) is 4.99. The smallest absolute Gasteiger partial charge is 0.0211 e. The van der Waals surface area contributed by atoms with Crippen molar-refractivity contribution in [1.29, 1.82) is 0 Å². The summed E-state index contributed by atoms with van der Waals surface area (Å²) in [6.07, 6.45) is 5.92. The minimum absolute atomic E-state index is 0.844. The molecule has 0 aromatic heterocycles. The summed E-state index contributed by atoms with van der Waals surface area (Å²) in [5.41, 5.74) is 0. The Morgan fingerprint density at radius 1 is 1.50 bits per heavy atom. The summed E-state index contributed by atoms with van der Waals surface area (Å²) < 4.78 is 0. The van der Waals surface area contributed by atoms with Crippen LogP contribution in [-0.4, -0.2) is 24.6 Å². The van der Waals surface area contributed by atoms with Gasteiger partial charge in [0.15, 0.2) is 0 Å². The summed E-state index contributed by atoms with van der Waals surface area (Å²) in [6, 6.07) is 0. The minimum atomic E-state index is 0.844. The van der Waals surface area contributed by atoms with Crippen LogP contribution in [0.15, 0.2) is 0 Å². The molecule has 0 heterocycles. The Labute approximate surface area is 68.0 Å². The van der Waals surface area contributed by atoms with Gasteiger partial charge in [-0.25, -0.2) is 0 Å². The summed E-state index contributed by atoms with van der Waals surface area (Å²) >= 11 is 1.95. The topological polar surface area (TPSA) is 12.0 Å². The lowest BCUT2D eigenvalue weighted by atomic mass is 10.4. The van der Waals surface area contributed by atoms with Crippen molar-refractivity contribution >= 4 is 11.8 Å². The maximum atomic E-state index is 5.07. The SMILES string of the molecule is C#CCCNCCSCC. The largest absolute Gasteiger partial charge is 0.315 e. The molecular formula is C8H15NS. The predicted octanol–water partition coefficient (Wildman–Crippen LogP) is 1.35. The average molecular weight is 157 g/mol. The van der Waals surface area contributed by atoms with Crippen molar-refractivity contribution in [2.45, 2.75) is 13.3 Å². The first-order chi connectivity index (χ1) is 4.91. The highest BCUT2D eigenvalue weighted by Gasteiger charge is 1.84. The molecule has 0 aliphatic rings. The zero-order chi connectivity index (χ0) is 7.66. The zero-order valence-electron chi connectivity index (χ0n) is 6.52. The van der Waals surface area contributed by atoms with E-state index in [0.29, 0.717) is 0 Å². The third-order valence-corrected chi connectivity index (χ3v) is 1.97. The van der Waals surface area contributed by atoms with Gasteiger partial charge in [-0.1, -0.05) is 6.92 Å². The lowest BCUT2D eigenvalue weighted by Crippen LogP contribution is -2.17. The minimum Gasteiger partial charge on any atom is -0.315 e. The van der Waals surface area contributed by atoms with Crippen LogP contribution in [0.1, 0.15) is 13.3 Å². The quantitative estimate of drug-likeness (QED) is 0.461. The molecule has 0 aliphatic carbocycles. The number of rotatable bonds is 6. The van der Waals surface area contributed by atoms with Gasteiger partial charge in [0.25, 0.3) is 0 Å². The van der Waals surface area contributed by atoms with Crippen molar-refractivity contribution in [3.8, 4) is 12.3 Å². The molecule has 0 atom stereocenters. The normalized spacial score (nSPS) is 9.20. The van der Waals surface area contributed by atoms with Gasteiger partial charge in [0.05, 0.1) is 0 Å². The Kier molecular flexibility index (Phi) is 8.75. The van der Waals surface area contributed by atoms with Crippen molar-refractivity contribution in [3.63, 3.8) is 0 Å². The average Bonchev–Trinajstić information content (AvgIpc) is 1.97. The lowest BCUT2D eigenvalue weighted by Gasteiger charge is -1.99. The van der Waals surface area contributed by atoms with Crippen molar-refractivity contribution < 1.29 is 0 Å². The van der Waals surface area contributed by atoms with E-state index in [4.69, 9.17) is 6.42 Å². The molecule has 58 valence electrons. The molecule has 2 heteroatoms. The summed E-state index contributed by atoms with van der Waals surface area (Å²) in [5, 5.41) is 3.26. The van der Waals surface area contributed by atoms with E-state index < -0.39 is 0 Å². The van der Waals surface area contributed by atoms with E-state index in [-0.39, 0.29) is 0 Å². The second-order valence-electron chi connectivity index (χ2n) is 1.90. The van der Waals surface area contributed by atoms with E-state index in [1.807, 2.05) is 11.8 Å². The Hall–Kier alpha value is -0.130. The van der Waals surface area contributed by atoms with E-state index in [9.17, 15) is 0 Å². The monoisotopic (exact) mass is 157 g/mol. The van der Waals surface area contributed by atoms with Crippen molar-refractivity contribution in [2.75, 3.05) is 24.6 Å². The molecule has 0 amide bonds. The van der Waals surface area contributed by atoms with E-state index >= 15 is 0 Å². The Morgan fingerprint density at radius 2 is 2.30 bits per heavy atom. The number of hydrogen-bond acceptors (Lipinski definition) is 2. The molecule has 0 radical (unpaired) electrons. The molecular weight excluding hydrogens is 142 g/mol. The molecule has 0 rings (SSSR count). The maximum absolute atomic E-state index is 5.07. The van der Waals surface area contributed by atoms with Crippen molar-refractivity contribution in [2.24, 2.45) is 0 Å². The molecule has 0 aromatic carbocycles. The van der Waals surface area contributed by atoms with Crippen LogP contribution in [0.5, 0.6) is 0 Å². The van der Waals surface area contributed by atoms with Gasteiger partial charge >= 0.3 is 0 Å². The van der Waals surface area contributed by atoms with Crippen LogP contribution in [0.2, 0.25) is 0 Å².